The van der Waals surface area contributed by atoms with Crippen LogP contribution in [0.15, 0.2) is 46.9 Å². The van der Waals surface area contributed by atoms with Crippen molar-refractivity contribution in [1.29, 1.82) is 0 Å². The smallest absolute Gasteiger partial charge is 0.266 e. The Morgan fingerprint density at radius 1 is 1.29 bits per heavy atom. The number of halogens is 1. The molecule has 24 heavy (non-hydrogen) atoms. The van der Waals surface area contributed by atoms with Crippen LogP contribution in [0.3, 0.4) is 0 Å². The number of oxazole rings is 1. The zero-order valence-electron chi connectivity index (χ0n) is 12.7. The number of carbonyl (C=O) groups is 1. The van der Waals surface area contributed by atoms with E-state index in [2.05, 4.69) is 10.3 Å². The number of aromatic amines is 1. The van der Waals surface area contributed by atoms with Gasteiger partial charge in [-0.15, -0.1) is 0 Å². The summed E-state index contributed by atoms with van der Waals surface area (Å²) in [5, 5.41) is 13.0. The van der Waals surface area contributed by atoms with E-state index in [4.69, 9.17) is 16.6 Å². The molecule has 0 spiro atoms. The minimum atomic E-state index is -0.950. The molecule has 0 aliphatic carbocycles. The second kappa shape index (κ2) is 6.54. The Morgan fingerprint density at radius 3 is 2.71 bits per heavy atom. The van der Waals surface area contributed by atoms with Crippen LogP contribution in [0.2, 0.25) is 0 Å². The van der Waals surface area contributed by atoms with Gasteiger partial charge in [0.05, 0.1) is 17.7 Å². The first-order valence-electron chi connectivity index (χ1n) is 7.31. The highest BCUT2D eigenvalue weighted by Crippen LogP contribution is 2.19. The summed E-state index contributed by atoms with van der Waals surface area (Å²) >= 11 is 4.91. The number of hydrogen-bond acceptors (Lipinski definition) is 4. The maximum atomic E-state index is 12.9. The van der Waals surface area contributed by atoms with E-state index in [0.717, 1.165) is 0 Å². The van der Waals surface area contributed by atoms with E-state index in [1.807, 2.05) is 0 Å². The summed E-state index contributed by atoms with van der Waals surface area (Å²) in [4.78, 5) is 15.4. The average Bonchev–Trinajstić information content (AvgIpc) is 2.93. The van der Waals surface area contributed by atoms with Crippen LogP contribution in [0.25, 0.3) is 11.1 Å². The second-order valence-electron chi connectivity index (χ2n) is 5.48. The summed E-state index contributed by atoms with van der Waals surface area (Å²) in [6, 6.07) is 9.85. The molecule has 5 nitrogen and oxygen atoms in total. The van der Waals surface area contributed by atoms with E-state index in [9.17, 15) is 14.3 Å². The predicted octanol–water partition coefficient (Wildman–Crippen LogP) is 3.48. The van der Waals surface area contributed by atoms with Gasteiger partial charge < -0.3 is 19.8 Å². The van der Waals surface area contributed by atoms with Crippen molar-refractivity contribution in [1.82, 2.24) is 10.3 Å². The Morgan fingerprint density at radius 2 is 2.00 bits per heavy atom. The molecule has 0 bridgehead atoms. The number of amides is 1. The fourth-order valence-electron chi connectivity index (χ4n) is 2.40. The number of aliphatic hydroxyl groups excluding tert-OH is 1. The topological polar surface area (TPSA) is 78.3 Å². The molecule has 3 aromatic rings. The standard InChI is InChI=1S/C17H15FN2O3S/c1-9(15(21)10-2-5-12(18)6-3-10)19-16(22)11-4-7-13-14(8-11)23-17(24)20-13/h2-9,15,21H,1H3,(H,19,22)(H,20,24). The Labute approximate surface area is 142 Å². The van der Waals surface area contributed by atoms with Crippen LogP contribution < -0.4 is 5.32 Å². The van der Waals surface area contributed by atoms with Crippen LogP contribution >= 0.6 is 12.2 Å². The fourth-order valence-corrected chi connectivity index (χ4v) is 2.60. The lowest BCUT2D eigenvalue weighted by molar-refractivity contribution is 0.0852. The molecule has 1 amide bonds. The molecular formula is C17H15FN2O3S. The quantitative estimate of drug-likeness (QED) is 0.632. The van der Waals surface area contributed by atoms with Gasteiger partial charge >= 0.3 is 0 Å². The minimum Gasteiger partial charge on any atom is -0.429 e. The number of aromatic nitrogens is 1. The summed E-state index contributed by atoms with van der Waals surface area (Å²) in [5.74, 6) is -0.736. The minimum absolute atomic E-state index is 0.239. The molecule has 2 aromatic carbocycles. The van der Waals surface area contributed by atoms with Crippen LogP contribution in [-0.4, -0.2) is 22.0 Å². The van der Waals surface area contributed by atoms with Gasteiger partial charge in [-0.3, -0.25) is 4.79 Å². The van der Waals surface area contributed by atoms with E-state index in [0.29, 0.717) is 22.2 Å². The zero-order chi connectivity index (χ0) is 17.3. The largest absolute Gasteiger partial charge is 0.429 e. The van der Waals surface area contributed by atoms with Crippen molar-refractivity contribution >= 4 is 29.2 Å². The first kappa shape index (κ1) is 16.4. The summed E-state index contributed by atoms with van der Waals surface area (Å²) in [7, 11) is 0. The molecule has 0 fully saturated rings. The summed E-state index contributed by atoms with van der Waals surface area (Å²) < 4.78 is 18.2. The van der Waals surface area contributed by atoms with Crippen LogP contribution in [0.1, 0.15) is 28.9 Å². The van der Waals surface area contributed by atoms with Gasteiger partial charge in [-0.05, 0) is 55.0 Å². The molecule has 0 aliphatic rings. The highest BCUT2D eigenvalue weighted by atomic mass is 32.1. The van der Waals surface area contributed by atoms with Crippen LogP contribution in [-0.2, 0) is 0 Å². The molecule has 0 radical (unpaired) electrons. The highest BCUT2D eigenvalue weighted by Gasteiger charge is 2.19. The van der Waals surface area contributed by atoms with Crippen LogP contribution in [0, 0.1) is 10.7 Å². The number of aliphatic hydroxyl groups is 1. The van der Waals surface area contributed by atoms with Gasteiger partial charge in [-0.25, -0.2) is 4.39 Å². The molecule has 2 unspecified atom stereocenters. The maximum Gasteiger partial charge on any atom is 0.266 e. The number of rotatable bonds is 4. The Balaban J connectivity index is 1.74. The Kier molecular flexibility index (Phi) is 4.46. The van der Waals surface area contributed by atoms with E-state index >= 15 is 0 Å². The summed E-state index contributed by atoms with van der Waals surface area (Å²) in [6.07, 6.45) is -0.950. The number of nitrogens with one attached hydrogen (secondary N) is 2. The molecule has 124 valence electrons. The van der Waals surface area contributed by atoms with Gasteiger partial charge in [-0.2, -0.15) is 0 Å². The second-order valence-corrected chi connectivity index (χ2v) is 5.85. The molecular weight excluding hydrogens is 331 g/mol. The van der Waals surface area contributed by atoms with Crippen molar-refractivity contribution < 1.29 is 18.7 Å². The fraction of sp³-hybridized carbons (Fsp3) is 0.176. The Hall–Kier alpha value is -2.51. The van der Waals surface area contributed by atoms with Gasteiger partial charge in [-0.1, -0.05) is 12.1 Å². The maximum absolute atomic E-state index is 12.9. The van der Waals surface area contributed by atoms with Gasteiger partial charge in [0, 0.05) is 5.56 Å². The molecule has 1 heterocycles. The van der Waals surface area contributed by atoms with E-state index in [1.54, 1.807) is 25.1 Å². The first-order valence-corrected chi connectivity index (χ1v) is 7.72. The predicted molar refractivity (Wildman–Crippen MR) is 89.7 cm³/mol. The molecule has 0 saturated heterocycles. The Bertz CT molecular complexity index is 933. The lowest BCUT2D eigenvalue weighted by atomic mass is 10.0. The van der Waals surface area contributed by atoms with Gasteiger partial charge in [0.1, 0.15) is 5.82 Å². The van der Waals surface area contributed by atoms with Crippen molar-refractivity contribution in [3.05, 3.63) is 64.2 Å². The van der Waals surface area contributed by atoms with Gasteiger partial charge in [0.2, 0.25) is 0 Å². The van der Waals surface area contributed by atoms with Crippen molar-refractivity contribution in [3.8, 4) is 0 Å². The van der Waals surface area contributed by atoms with Crippen LogP contribution in [0.4, 0.5) is 4.39 Å². The lowest BCUT2D eigenvalue weighted by Gasteiger charge is -2.20. The van der Waals surface area contributed by atoms with E-state index < -0.39 is 12.1 Å². The zero-order valence-corrected chi connectivity index (χ0v) is 13.6. The molecule has 3 rings (SSSR count). The van der Waals surface area contributed by atoms with Crippen molar-refractivity contribution in [2.75, 3.05) is 0 Å². The lowest BCUT2D eigenvalue weighted by Crippen LogP contribution is -2.37. The molecule has 0 aliphatic heterocycles. The molecule has 7 heteroatoms. The van der Waals surface area contributed by atoms with Crippen molar-refractivity contribution in [2.24, 2.45) is 0 Å². The molecule has 3 N–H and O–H groups in total. The SMILES string of the molecule is CC(NC(=O)c1ccc2[nH]c(=S)oc2c1)C(O)c1ccc(F)cc1. The van der Waals surface area contributed by atoms with Gasteiger partial charge in [0.25, 0.3) is 10.7 Å². The van der Waals surface area contributed by atoms with Crippen LogP contribution in [0.5, 0.6) is 0 Å². The van der Waals surface area contributed by atoms with E-state index in [1.165, 1.54) is 24.3 Å². The highest BCUT2D eigenvalue weighted by molar-refractivity contribution is 7.71. The third kappa shape index (κ3) is 3.37. The number of H-pyrrole nitrogens is 1. The molecule has 2 atom stereocenters. The molecule has 0 saturated carbocycles. The third-order valence-corrected chi connectivity index (χ3v) is 3.91. The first-order chi connectivity index (χ1) is 11.4. The van der Waals surface area contributed by atoms with E-state index in [-0.39, 0.29) is 16.6 Å². The summed E-state index contributed by atoms with van der Waals surface area (Å²) in [5.41, 5.74) is 2.10. The van der Waals surface area contributed by atoms with Gasteiger partial charge in [0.15, 0.2) is 5.58 Å². The normalized spacial score (nSPS) is 13.6. The van der Waals surface area contributed by atoms with Crippen molar-refractivity contribution in [3.63, 3.8) is 0 Å². The number of hydrogen-bond donors (Lipinski definition) is 3. The van der Waals surface area contributed by atoms with Crippen molar-refractivity contribution in [2.45, 2.75) is 19.1 Å². The monoisotopic (exact) mass is 346 g/mol. The number of carbonyl (C=O) groups excluding carboxylic acids is 1. The number of fused-ring (bicyclic) bond motifs is 1. The molecule has 1 aromatic heterocycles. The summed E-state index contributed by atoms with van der Waals surface area (Å²) in [6.45, 7) is 1.67. The number of benzene rings is 2. The third-order valence-electron chi connectivity index (χ3n) is 3.73. The average molecular weight is 346 g/mol.